The minimum absolute atomic E-state index is 0.0498. The first kappa shape index (κ1) is 15.5. The second kappa shape index (κ2) is 6.28. The highest BCUT2D eigenvalue weighted by molar-refractivity contribution is 5.96. The van der Waals surface area contributed by atoms with Crippen LogP contribution in [0, 0.1) is 12.8 Å². The zero-order chi connectivity index (χ0) is 15.6. The van der Waals surface area contributed by atoms with Gasteiger partial charge < -0.3 is 14.5 Å². The summed E-state index contributed by atoms with van der Waals surface area (Å²) in [6, 6.07) is 0. The minimum atomic E-state index is -0.767. The molecule has 6 heteroatoms. The smallest absolute Gasteiger partial charge is 0.303 e. The number of piperidine rings is 1. The molecule has 1 fully saturated rings. The Hall–Kier alpha value is -1.85. The first-order chi connectivity index (χ1) is 9.90. The molecule has 6 nitrogen and oxygen atoms in total. The Morgan fingerprint density at radius 3 is 2.52 bits per heavy atom. The van der Waals surface area contributed by atoms with Gasteiger partial charge in [-0.15, -0.1) is 0 Å². The van der Waals surface area contributed by atoms with E-state index in [1.165, 1.54) is 0 Å². The molecule has 2 heterocycles. The zero-order valence-corrected chi connectivity index (χ0v) is 12.8. The van der Waals surface area contributed by atoms with E-state index in [0.29, 0.717) is 30.1 Å². The molecule has 0 aromatic carbocycles. The molecular weight excluding hydrogens is 272 g/mol. The van der Waals surface area contributed by atoms with Gasteiger partial charge in [0.15, 0.2) is 5.76 Å². The van der Waals surface area contributed by atoms with Crippen LogP contribution in [-0.2, 0) is 4.79 Å². The average Bonchev–Trinajstić information content (AvgIpc) is 2.80. The summed E-state index contributed by atoms with van der Waals surface area (Å²) in [5, 5.41) is 12.7. The maximum absolute atomic E-state index is 12.6. The van der Waals surface area contributed by atoms with Crippen molar-refractivity contribution in [1.29, 1.82) is 0 Å². The first-order valence-electron chi connectivity index (χ1n) is 7.37. The minimum Gasteiger partial charge on any atom is -0.481 e. The number of likely N-dealkylation sites (tertiary alicyclic amines) is 1. The molecule has 1 aromatic heterocycles. The Bertz CT molecular complexity index is 528. The molecule has 2 rings (SSSR count). The number of carboxylic acids is 1. The van der Waals surface area contributed by atoms with Crippen molar-refractivity contribution in [1.82, 2.24) is 10.1 Å². The maximum Gasteiger partial charge on any atom is 0.303 e. The van der Waals surface area contributed by atoms with Crippen molar-refractivity contribution in [3.63, 3.8) is 0 Å². The lowest BCUT2D eigenvalue weighted by molar-refractivity contribution is -0.138. The predicted octanol–water partition coefficient (Wildman–Crippen LogP) is 2.43. The third kappa shape index (κ3) is 3.43. The summed E-state index contributed by atoms with van der Waals surface area (Å²) >= 11 is 0. The second-order valence-electron chi connectivity index (χ2n) is 6.00. The number of carbonyl (C=O) groups is 2. The highest BCUT2D eigenvalue weighted by atomic mass is 16.5. The van der Waals surface area contributed by atoms with Crippen molar-refractivity contribution in [2.75, 3.05) is 13.1 Å². The molecular formula is C15H22N2O4. The maximum atomic E-state index is 12.6. The molecule has 116 valence electrons. The summed E-state index contributed by atoms with van der Waals surface area (Å²) in [6.07, 6.45) is 1.66. The lowest BCUT2D eigenvalue weighted by Gasteiger charge is -2.31. The highest BCUT2D eigenvalue weighted by Gasteiger charge is 2.30. The van der Waals surface area contributed by atoms with Crippen molar-refractivity contribution in [3.8, 4) is 0 Å². The fourth-order valence-corrected chi connectivity index (χ4v) is 2.79. The van der Waals surface area contributed by atoms with Gasteiger partial charge in [-0.25, -0.2) is 0 Å². The van der Waals surface area contributed by atoms with Gasteiger partial charge in [0.1, 0.15) is 5.56 Å². The number of rotatable bonds is 4. The lowest BCUT2D eigenvalue weighted by atomic mass is 9.93. The Morgan fingerprint density at radius 1 is 1.38 bits per heavy atom. The van der Waals surface area contributed by atoms with Crippen LogP contribution in [0.25, 0.3) is 0 Å². The Labute approximate surface area is 124 Å². The summed E-state index contributed by atoms with van der Waals surface area (Å²) in [5.74, 6) is 0.0857. The number of nitrogens with zero attached hydrogens (tertiary/aromatic N) is 2. The monoisotopic (exact) mass is 294 g/mol. The number of carboxylic acid groups (broad SMARTS) is 1. The zero-order valence-electron chi connectivity index (χ0n) is 12.8. The number of hydrogen-bond acceptors (Lipinski definition) is 4. The largest absolute Gasteiger partial charge is 0.481 e. The second-order valence-corrected chi connectivity index (χ2v) is 6.00. The molecule has 1 aliphatic rings. The van der Waals surface area contributed by atoms with Gasteiger partial charge in [-0.3, -0.25) is 9.59 Å². The summed E-state index contributed by atoms with van der Waals surface area (Å²) in [6.45, 7) is 6.91. The third-order valence-electron chi connectivity index (χ3n) is 3.99. The molecule has 0 unspecified atom stereocenters. The van der Waals surface area contributed by atoms with Crippen LogP contribution in [-0.4, -0.2) is 40.1 Å². The van der Waals surface area contributed by atoms with Gasteiger partial charge in [-0.2, -0.15) is 0 Å². The van der Waals surface area contributed by atoms with E-state index in [2.05, 4.69) is 5.16 Å². The summed E-state index contributed by atoms with van der Waals surface area (Å²) in [7, 11) is 0. The van der Waals surface area contributed by atoms with Crippen LogP contribution in [0.1, 0.15) is 60.8 Å². The number of amides is 1. The molecule has 0 atom stereocenters. The Morgan fingerprint density at radius 2 is 2.00 bits per heavy atom. The molecule has 0 bridgehead atoms. The van der Waals surface area contributed by atoms with Crippen molar-refractivity contribution in [3.05, 3.63) is 17.0 Å². The van der Waals surface area contributed by atoms with Crippen LogP contribution in [0.15, 0.2) is 4.52 Å². The van der Waals surface area contributed by atoms with E-state index in [1.807, 2.05) is 13.8 Å². The van der Waals surface area contributed by atoms with Crippen LogP contribution in [0.4, 0.5) is 0 Å². The van der Waals surface area contributed by atoms with E-state index in [1.54, 1.807) is 11.8 Å². The van der Waals surface area contributed by atoms with Gasteiger partial charge >= 0.3 is 5.97 Å². The van der Waals surface area contributed by atoms with Crippen molar-refractivity contribution in [2.24, 2.45) is 5.92 Å². The van der Waals surface area contributed by atoms with E-state index in [-0.39, 0.29) is 24.2 Å². The van der Waals surface area contributed by atoms with E-state index < -0.39 is 5.97 Å². The SMILES string of the molecule is Cc1noc(C(C)C)c1C(=O)N1CCC(CC(=O)O)CC1. The van der Waals surface area contributed by atoms with E-state index in [4.69, 9.17) is 9.63 Å². The van der Waals surface area contributed by atoms with E-state index >= 15 is 0 Å². The Balaban J connectivity index is 2.06. The van der Waals surface area contributed by atoms with Crippen LogP contribution in [0.3, 0.4) is 0 Å². The molecule has 21 heavy (non-hydrogen) atoms. The normalized spacial score (nSPS) is 16.5. The average molecular weight is 294 g/mol. The number of aromatic nitrogens is 1. The van der Waals surface area contributed by atoms with Crippen LogP contribution < -0.4 is 0 Å². The molecule has 0 saturated carbocycles. The molecule has 1 saturated heterocycles. The number of aliphatic carboxylic acids is 1. The van der Waals surface area contributed by atoms with Gasteiger partial charge in [0.2, 0.25) is 0 Å². The quantitative estimate of drug-likeness (QED) is 0.922. The van der Waals surface area contributed by atoms with Gasteiger partial charge in [-0.1, -0.05) is 19.0 Å². The molecule has 0 spiro atoms. The van der Waals surface area contributed by atoms with Crippen LogP contribution >= 0.6 is 0 Å². The lowest BCUT2D eigenvalue weighted by Crippen LogP contribution is -2.39. The van der Waals surface area contributed by atoms with Crippen molar-refractivity contribution in [2.45, 2.75) is 46.0 Å². The number of aryl methyl sites for hydroxylation is 1. The van der Waals surface area contributed by atoms with Crippen molar-refractivity contribution < 1.29 is 19.2 Å². The van der Waals surface area contributed by atoms with Crippen LogP contribution in [0.5, 0.6) is 0 Å². The third-order valence-corrected chi connectivity index (χ3v) is 3.99. The molecule has 1 aliphatic heterocycles. The number of hydrogen-bond donors (Lipinski definition) is 1. The first-order valence-corrected chi connectivity index (χ1v) is 7.37. The van der Waals surface area contributed by atoms with E-state index in [0.717, 1.165) is 12.8 Å². The highest BCUT2D eigenvalue weighted by Crippen LogP contribution is 2.26. The fourth-order valence-electron chi connectivity index (χ4n) is 2.79. The fraction of sp³-hybridized carbons (Fsp3) is 0.667. The molecule has 1 aromatic rings. The predicted molar refractivity (Wildman–Crippen MR) is 76.2 cm³/mol. The van der Waals surface area contributed by atoms with E-state index in [9.17, 15) is 9.59 Å². The molecule has 1 N–H and O–H groups in total. The molecule has 0 radical (unpaired) electrons. The van der Waals surface area contributed by atoms with Gasteiger partial charge in [0.25, 0.3) is 5.91 Å². The van der Waals surface area contributed by atoms with Crippen molar-refractivity contribution >= 4 is 11.9 Å². The van der Waals surface area contributed by atoms with Gasteiger partial charge in [-0.05, 0) is 25.7 Å². The summed E-state index contributed by atoms with van der Waals surface area (Å²) in [5.41, 5.74) is 1.19. The standard InChI is InChI=1S/C15H22N2O4/c1-9(2)14-13(10(3)16-21-14)15(20)17-6-4-11(5-7-17)8-12(18)19/h9,11H,4-8H2,1-3H3,(H,18,19). The molecule has 0 aliphatic carbocycles. The topological polar surface area (TPSA) is 83.6 Å². The van der Waals surface area contributed by atoms with Crippen LogP contribution in [0.2, 0.25) is 0 Å². The van der Waals surface area contributed by atoms with Gasteiger partial charge in [0.05, 0.1) is 5.69 Å². The Kier molecular flexibility index (Phi) is 4.65. The molecule has 1 amide bonds. The number of carbonyl (C=O) groups excluding carboxylic acids is 1. The summed E-state index contributed by atoms with van der Waals surface area (Å²) in [4.78, 5) is 25.2. The summed E-state index contributed by atoms with van der Waals surface area (Å²) < 4.78 is 5.27. The van der Waals surface area contributed by atoms with Gasteiger partial charge in [0, 0.05) is 25.4 Å².